The largest absolute Gasteiger partial charge is 0.369 e. The van der Waals surface area contributed by atoms with Crippen molar-refractivity contribution in [3.05, 3.63) is 18.1 Å². The fraction of sp³-hybridized carbons (Fsp3) is 0.615. The summed E-state index contributed by atoms with van der Waals surface area (Å²) in [4.78, 5) is 22.7. The molecule has 20 heavy (non-hydrogen) atoms. The number of likely N-dealkylation sites (N-methyl/N-ethyl adjacent to an activating group) is 1. The van der Waals surface area contributed by atoms with Gasteiger partial charge in [-0.15, -0.1) is 0 Å². The first kappa shape index (κ1) is 14.7. The fourth-order valence-corrected chi connectivity index (χ4v) is 1.93. The third kappa shape index (κ3) is 4.14. The molecule has 1 aromatic heterocycles. The molecule has 0 aromatic carbocycles. The summed E-state index contributed by atoms with van der Waals surface area (Å²) < 4.78 is 0. The molecule has 0 aliphatic carbocycles. The maximum absolute atomic E-state index is 12.1. The SMILES string of the molecule is CCCNc1cncc(C(=O)NN2CCN(C)CC2)n1. The molecule has 7 nitrogen and oxygen atoms in total. The third-order valence-electron chi connectivity index (χ3n) is 3.19. The summed E-state index contributed by atoms with van der Waals surface area (Å²) >= 11 is 0. The van der Waals surface area contributed by atoms with Crippen molar-refractivity contribution in [2.24, 2.45) is 0 Å². The number of anilines is 1. The molecular formula is C13H22N6O. The van der Waals surface area contributed by atoms with Gasteiger partial charge in [-0.2, -0.15) is 0 Å². The number of hydrogen-bond acceptors (Lipinski definition) is 6. The summed E-state index contributed by atoms with van der Waals surface area (Å²) in [6.45, 7) is 6.43. The first-order chi connectivity index (χ1) is 9.69. The Morgan fingerprint density at radius 3 is 2.75 bits per heavy atom. The van der Waals surface area contributed by atoms with Crippen LogP contribution in [0, 0.1) is 0 Å². The molecule has 7 heteroatoms. The highest BCUT2D eigenvalue weighted by Crippen LogP contribution is 2.03. The zero-order valence-electron chi connectivity index (χ0n) is 12.1. The number of amides is 1. The van der Waals surface area contributed by atoms with Crippen LogP contribution in [-0.2, 0) is 0 Å². The van der Waals surface area contributed by atoms with E-state index in [0.29, 0.717) is 11.5 Å². The molecule has 0 spiro atoms. The number of nitrogens with zero attached hydrogens (tertiary/aromatic N) is 4. The van der Waals surface area contributed by atoms with Gasteiger partial charge in [0.2, 0.25) is 0 Å². The smallest absolute Gasteiger partial charge is 0.285 e. The molecule has 0 unspecified atom stereocenters. The van der Waals surface area contributed by atoms with Crippen molar-refractivity contribution in [1.82, 2.24) is 25.3 Å². The van der Waals surface area contributed by atoms with Gasteiger partial charge in [0.05, 0.1) is 12.4 Å². The zero-order valence-corrected chi connectivity index (χ0v) is 12.1. The molecule has 1 saturated heterocycles. The molecule has 0 bridgehead atoms. The van der Waals surface area contributed by atoms with E-state index in [1.54, 1.807) is 6.20 Å². The molecule has 1 aliphatic rings. The topological polar surface area (TPSA) is 73.4 Å². The minimum absolute atomic E-state index is 0.206. The van der Waals surface area contributed by atoms with Gasteiger partial charge in [0.25, 0.3) is 5.91 Å². The van der Waals surface area contributed by atoms with Crippen LogP contribution in [0.25, 0.3) is 0 Å². The minimum atomic E-state index is -0.206. The van der Waals surface area contributed by atoms with Gasteiger partial charge in [-0.1, -0.05) is 6.92 Å². The van der Waals surface area contributed by atoms with E-state index in [0.717, 1.165) is 39.1 Å². The first-order valence-electron chi connectivity index (χ1n) is 6.99. The summed E-state index contributed by atoms with van der Waals surface area (Å²) in [5.41, 5.74) is 3.21. The second-order valence-electron chi connectivity index (χ2n) is 4.95. The highest BCUT2D eigenvalue weighted by atomic mass is 16.2. The van der Waals surface area contributed by atoms with E-state index in [1.165, 1.54) is 6.20 Å². The number of hydrazine groups is 1. The van der Waals surface area contributed by atoms with Crippen LogP contribution in [0.5, 0.6) is 0 Å². The lowest BCUT2D eigenvalue weighted by Gasteiger charge is -2.32. The minimum Gasteiger partial charge on any atom is -0.369 e. The van der Waals surface area contributed by atoms with Gasteiger partial charge in [-0.25, -0.2) is 9.99 Å². The molecule has 110 valence electrons. The van der Waals surface area contributed by atoms with E-state index in [-0.39, 0.29) is 5.91 Å². The standard InChI is InChI=1S/C13H22N6O/c1-3-4-15-12-10-14-9-11(16-12)13(20)17-19-7-5-18(2)6-8-19/h9-10H,3-8H2,1-2H3,(H,15,16)(H,17,20). The van der Waals surface area contributed by atoms with Crippen LogP contribution < -0.4 is 10.7 Å². The zero-order chi connectivity index (χ0) is 14.4. The Morgan fingerprint density at radius 1 is 1.30 bits per heavy atom. The van der Waals surface area contributed by atoms with Crippen molar-refractivity contribution in [3.63, 3.8) is 0 Å². The van der Waals surface area contributed by atoms with Crippen molar-refractivity contribution in [3.8, 4) is 0 Å². The van der Waals surface area contributed by atoms with Crippen molar-refractivity contribution in [2.45, 2.75) is 13.3 Å². The van der Waals surface area contributed by atoms with Gasteiger partial charge < -0.3 is 10.2 Å². The fourth-order valence-electron chi connectivity index (χ4n) is 1.93. The van der Waals surface area contributed by atoms with Crippen LogP contribution in [0.2, 0.25) is 0 Å². The molecule has 0 radical (unpaired) electrons. The van der Waals surface area contributed by atoms with E-state index in [2.05, 4.69) is 39.6 Å². The number of piperazine rings is 1. The molecule has 1 aliphatic heterocycles. The monoisotopic (exact) mass is 278 g/mol. The Balaban J connectivity index is 1.91. The van der Waals surface area contributed by atoms with Crippen LogP contribution in [0.3, 0.4) is 0 Å². The Morgan fingerprint density at radius 2 is 2.05 bits per heavy atom. The number of aromatic nitrogens is 2. The maximum atomic E-state index is 12.1. The van der Waals surface area contributed by atoms with Crippen molar-refractivity contribution in [2.75, 3.05) is 45.1 Å². The van der Waals surface area contributed by atoms with Crippen LogP contribution in [0.4, 0.5) is 5.82 Å². The summed E-state index contributed by atoms with van der Waals surface area (Å²) in [7, 11) is 2.08. The van der Waals surface area contributed by atoms with Crippen molar-refractivity contribution >= 4 is 11.7 Å². The lowest BCUT2D eigenvalue weighted by molar-refractivity contribution is 0.0657. The van der Waals surface area contributed by atoms with E-state index < -0.39 is 0 Å². The predicted octanol–water partition coefficient (Wildman–Crippen LogP) is 0.191. The summed E-state index contributed by atoms with van der Waals surface area (Å²) in [5, 5.41) is 5.05. The molecule has 2 rings (SSSR count). The average molecular weight is 278 g/mol. The van der Waals surface area contributed by atoms with Gasteiger partial charge in [0.1, 0.15) is 11.5 Å². The lowest BCUT2D eigenvalue weighted by Crippen LogP contribution is -2.52. The first-order valence-corrected chi connectivity index (χ1v) is 6.99. The highest BCUT2D eigenvalue weighted by molar-refractivity contribution is 5.91. The van der Waals surface area contributed by atoms with Crippen molar-refractivity contribution < 1.29 is 4.79 Å². The molecule has 1 amide bonds. The molecule has 1 aromatic rings. The second kappa shape index (κ2) is 7.16. The highest BCUT2D eigenvalue weighted by Gasteiger charge is 2.17. The Hall–Kier alpha value is -1.73. The number of carbonyl (C=O) groups is 1. The molecular weight excluding hydrogens is 256 g/mol. The molecule has 1 fully saturated rings. The van der Waals surface area contributed by atoms with Crippen LogP contribution in [-0.4, -0.2) is 65.6 Å². The van der Waals surface area contributed by atoms with E-state index in [4.69, 9.17) is 0 Å². The quantitative estimate of drug-likeness (QED) is 0.801. The Bertz CT molecular complexity index is 444. The van der Waals surface area contributed by atoms with E-state index in [9.17, 15) is 4.79 Å². The molecule has 2 N–H and O–H groups in total. The maximum Gasteiger partial charge on any atom is 0.285 e. The van der Waals surface area contributed by atoms with Gasteiger partial charge >= 0.3 is 0 Å². The molecule has 0 atom stereocenters. The van der Waals surface area contributed by atoms with E-state index in [1.807, 2.05) is 5.01 Å². The van der Waals surface area contributed by atoms with Crippen molar-refractivity contribution in [1.29, 1.82) is 0 Å². The average Bonchev–Trinajstić information content (AvgIpc) is 2.48. The Kier molecular flexibility index (Phi) is 5.25. The summed E-state index contributed by atoms with van der Waals surface area (Å²) in [5.74, 6) is 0.431. The summed E-state index contributed by atoms with van der Waals surface area (Å²) in [6, 6.07) is 0. The normalized spacial score (nSPS) is 16.9. The molecule has 0 saturated carbocycles. The van der Waals surface area contributed by atoms with Crippen LogP contribution in [0.15, 0.2) is 12.4 Å². The second-order valence-corrected chi connectivity index (χ2v) is 4.95. The Labute approximate surface area is 119 Å². The predicted molar refractivity (Wildman–Crippen MR) is 77.3 cm³/mol. The number of carbonyl (C=O) groups excluding carboxylic acids is 1. The van der Waals surface area contributed by atoms with E-state index >= 15 is 0 Å². The van der Waals surface area contributed by atoms with Crippen LogP contribution >= 0.6 is 0 Å². The van der Waals surface area contributed by atoms with Gasteiger partial charge in [0.15, 0.2) is 0 Å². The number of nitrogens with one attached hydrogen (secondary N) is 2. The molecule has 2 heterocycles. The van der Waals surface area contributed by atoms with Crippen LogP contribution in [0.1, 0.15) is 23.8 Å². The summed E-state index contributed by atoms with van der Waals surface area (Å²) in [6.07, 6.45) is 4.12. The van der Waals surface area contributed by atoms with Gasteiger partial charge in [-0.3, -0.25) is 15.2 Å². The van der Waals surface area contributed by atoms with Gasteiger partial charge in [-0.05, 0) is 13.5 Å². The number of hydrogen-bond donors (Lipinski definition) is 2. The number of rotatable bonds is 5. The third-order valence-corrected chi connectivity index (χ3v) is 3.19. The van der Waals surface area contributed by atoms with Gasteiger partial charge in [0, 0.05) is 32.7 Å². The lowest BCUT2D eigenvalue weighted by atomic mass is 10.4.